The molecule has 0 saturated heterocycles. The number of carbonyl (C=O) groups is 2. The average molecular weight is 404 g/mol. The number of amides is 2. The normalized spacial score (nSPS) is 10.9. The van der Waals surface area contributed by atoms with Crippen molar-refractivity contribution >= 4 is 28.6 Å². The summed E-state index contributed by atoms with van der Waals surface area (Å²) < 4.78 is 10.7. The van der Waals surface area contributed by atoms with Crippen LogP contribution in [0, 0.1) is 6.92 Å². The summed E-state index contributed by atoms with van der Waals surface area (Å²) in [6.45, 7) is 3.72. The average Bonchev–Trinajstić information content (AvgIpc) is 3.38. The molecule has 0 radical (unpaired) electrons. The number of hydrogen-bond donors (Lipinski definition) is 1. The highest BCUT2D eigenvalue weighted by molar-refractivity contribution is 6.13. The van der Waals surface area contributed by atoms with Gasteiger partial charge in [-0.15, -0.1) is 0 Å². The zero-order valence-electron chi connectivity index (χ0n) is 16.8. The zero-order valence-corrected chi connectivity index (χ0v) is 16.8. The van der Waals surface area contributed by atoms with Gasteiger partial charge in [0.25, 0.3) is 11.6 Å². The van der Waals surface area contributed by atoms with Crippen LogP contribution >= 0.6 is 0 Å². The van der Waals surface area contributed by atoms with E-state index in [1.807, 2.05) is 18.2 Å². The van der Waals surface area contributed by atoms with Gasteiger partial charge in [-0.05, 0) is 42.8 Å². The van der Waals surface area contributed by atoms with E-state index in [9.17, 15) is 9.59 Å². The Morgan fingerprint density at radius 2 is 2.00 bits per heavy atom. The molecule has 0 aliphatic carbocycles. The molecule has 1 aromatic carbocycles. The monoisotopic (exact) mass is 404 g/mol. The molecule has 3 heterocycles. The highest BCUT2D eigenvalue weighted by Gasteiger charge is 2.20. The molecule has 1 N–H and O–H groups in total. The minimum Gasteiger partial charge on any atom is -0.463 e. The smallest absolute Gasteiger partial charge is 0.259 e. The highest BCUT2D eigenvalue weighted by atomic mass is 16.5. The molecule has 0 fully saturated rings. The Labute approximate surface area is 172 Å². The van der Waals surface area contributed by atoms with Crippen LogP contribution in [-0.2, 0) is 11.3 Å². The molecule has 4 rings (SSSR count). The van der Waals surface area contributed by atoms with Crippen LogP contribution in [0.25, 0.3) is 22.6 Å². The topological polar surface area (TPSA) is 101 Å². The lowest BCUT2D eigenvalue weighted by Crippen LogP contribution is -2.23. The highest BCUT2D eigenvalue weighted by Crippen LogP contribution is 2.28. The summed E-state index contributed by atoms with van der Waals surface area (Å²) in [6, 6.07) is 12.5. The van der Waals surface area contributed by atoms with Gasteiger partial charge in [-0.25, -0.2) is 4.98 Å². The molecular formula is C22H20N4O4. The number of nitrogens with zero attached hydrogens (tertiary/aromatic N) is 3. The van der Waals surface area contributed by atoms with E-state index >= 15 is 0 Å². The summed E-state index contributed by atoms with van der Waals surface area (Å²) in [5.41, 5.74) is 3.23. The van der Waals surface area contributed by atoms with Crippen LogP contribution in [0.3, 0.4) is 0 Å². The summed E-state index contributed by atoms with van der Waals surface area (Å²) in [4.78, 5) is 30.6. The van der Waals surface area contributed by atoms with E-state index in [4.69, 9.17) is 8.94 Å². The van der Waals surface area contributed by atoms with Crippen molar-refractivity contribution in [3.63, 3.8) is 0 Å². The number of hydrogen-bond acceptors (Lipinski definition) is 6. The SMILES string of the molecule is CC(=O)N(C)Cc1cccc(NC(=O)c2cc(-c3ccco3)nc3onc(C)c23)c1. The van der Waals surface area contributed by atoms with Crippen molar-refractivity contribution in [1.82, 2.24) is 15.0 Å². The molecule has 0 atom stereocenters. The van der Waals surface area contributed by atoms with Crippen LogP contribution in [0.15, 0.2) is 57.7 Å². The van der Waals surface area contributed by atoms with Crippen molar-refractivity contribution in [3.8, 4) is 11.5 Å². The van der Waals surface area contributed by atoms with Gasteiger partial charge in [0.05, 0.1) is 22.9 Å². The molecule has 8 heteroatoms. The number of nitrogens with one attached hydrogen (secondary N) is 1. The van der Waals surface area contributed by atoms with E-state index in [-0.39, 0.29) is 17.5 Å². The number of benzene rings is 1. The lowest BCUT2D eigenvalue weighted by Gasteiger charge is -2.15. The quantitative estimate of drug-likeness (QED) is 0.539. The van der Waals surface area contributed by atoms with Crippen LogP contribution in [0.2, 0.25) is 0 Å². The molecule has 0 aliphatic heterocycles. The second kappa shape index (κ2) is 7.82. The summed E-state index contributed by atoms with van der Waals surface area (Å²) >= 11 is 0. The van der Waals surface area contributed by atoms with E-state index in [0.717, 1.165) is 5.56 Å². The maximum atomic E-state index is 13.1. The fourth-order valence-electron chi connectivity index (χ4n) is 3.16. The third-order valence-corrected chi connectivity index (χ3v) is 4.78. The lowest BCUT2D eigenvalue weighted by atomic mass is 10.1. The second-order valence-corrected chi connectivity index (χ2v) is 7.01. The van der Waals surface area contributed by atoms with E-state index in [1.54, 1.807) is 43.1 Å². The predicted octanol–water partition coefficient (Wildman–Crippen LogP) is 4.02. The molecule has 30 heavy (non-hydrogen) atoms. The molecule has 152 valence electrons. The first-order valence-corrected chi connectivity index (χ1v) is 9.35. The molecule has 0 unspecified atom stereocenters. The van der Waals surface area contributed by atoms with E-state index in [2.05, 4.69) is 15.5 Å². The second-order valence-electron chi connectivity index (χ2n) is 7.01. The van der Waals surface area contributed by atoms with Crippen molar-refractivity contribution < 1.29 is 18.5 Å². The third kappa shape index (κ3) is 3.80. The number of furan rings is 1. The van der Waals surface area contributed by atoms with Crippen molar-refractivity contribution in [2.45, 2.75) is 20.4 Å². The number of aromatic nitrogens is 2. The number of fused-ring (bicyclic) bond motifs is 1. The largest absolute Gasteiger partial charge is 0.463 e. The first kappa shape index (κ1) is 19.4. The molecular weight excluding hydrogens is 384 g/mol. The number of aryl methyl sites for hydroxylation is 1. The van der Waals surface area contributed by atoms with Gasteiger partial charge in [0.2, 0.25) is 5.91 Å². The van der Waals surface area contributed by atoms with Crippen LogP contribution in [0.1, 0.15) is 28.5 Å². The Kier molecular flexibility index (Phi) is 5.05. The van der Waals surface area contributed by atoms with Gasteiger partial charge in [0, 0.05) is 26.2 Å². The zero-order chi connectivity index (χ0) is 21.3. The van der Waals surface area contributed by atoms with Crippen molar-refractivity contribution in [2.75, 3.05) is 12.4 Å². The Bertz CT molecular complexity index is 1230. The predicted molar refractivity (Wildman–Crippen MR) is 111 cm³/mol. The van der Waals surface area contributed by atoms with Crippen LogP contribution in [0.5, 0.6) is 0 Å². The molecule has 0 bridgehead atoms. The molecule has 4 aromatic rings. The number of anilines is 1. The van der Waals surface area contributed by atoms with Crippen molar-refractivity contribution in [2.24, 2.45) is 0 Å². The molecule has 2 amide bonds. The Morgan fingerprint density at radius 1 is 1.17 bits per heavy atom. The maximum Gasteiger partial charge on any atom is 0.259 e. The first-order valence-electron chi connectivity index (χ1n) is 9.35. The van der Waals surface area contributed by atoms with Crippen molar-refractivity contribution in [3.05, 3.63) is 65.5 Å². The minimum absolute atomic E-state index is 0.0306. The standard InChI is InChI=1S/C22H20N4O4/c1-13-20-17(11-18(19-8-5-9-29-19)24-22(20)30-25-13)21(28)23-16-7-4-6-15(10-16)12-26(3)14(2)27/h4-11H,12H2,1-3H3,(H,23,28). The van der Waals surface area contributed by atoms with Gasteiger partial charge < -0.3 is 19.2 Å². The summed E-state index contributed by atoms with van der Waals surface area (Å²) in [5.74, 6) is 0.171. The molecule has 3 aromatic heterocycles. The molecule has 0 saturated carbocycles. The van der Waals surface area contributed by atoms with Gasteiger partial charge in [0.15, 0.2) is 5.76 Å². The molecule has 8 nitrogen and oxygen atoms in total. The van der Waals surface area contributed by atoms with Crippen LogP contribution < -0.4 is 5.32 Å². The molecule has 0 spiro atoms. The van der Waals surface area contributed by atoms with E-state index in [1.165, 1.54) is 13.2 Å². The van der Waals surface area contributed by atoms with E-state index < -0.39 is 0 Å². The number of rotatable bonds is 5. The summed E-state index contributed by atoms with van der Waals surface area (Å²) in [7, 11) is 1.73. The molecule has 0 aliphatic rings. The minimum atomic E-state index is -0.321. The third-order valence-electron chi connectivity index (χ3n) is 4.78. The van der Waals surface area contributed by atoms with Gasteiger partial charge in [-0.1, -0.05) is 17.3 Å². The van der Waals surface area contributed by atoms with Gasteiger partial charge in [-0.3, -0.25) is 9.59 Å². The summed E-state index contributed by atoms with van der Waals surface area (Å²) in [6.07, 6.45) is 1.54. The van der Waals surface area contributed by atoms with E-state index in [0.29, 0.717) is 40.3 Å². The summed E-state index contributed by atoms with van der Waals surface area (Å²) in [5, 5.41) is 7.41. The van der Waals surface area contributed by atoms with Gasteiger partial charge in [0.1, 0.15) is 5.69 Å². The van der Waals surface area contributed by atoms with Crippen molar-refractivity contribution in [1.29, 1.82) is 0 Å². The van der Waals surface area contributed by atoms with Gasteiger partial charge in [-0.2, -0.15) is 0 Å². The Balaban J connectivity index is 1.67. The van der Waals surface area contributed by atoms with Gasteiger partial charge >= 0.3 is 0 Å². The van der Waals surface area contributed by atoms with Crippen LogP contribution in [-0.4, -0.2) is 33.9 Å². The fourth-order valence-corrected chi connectivity index (χ4v) is 3.16. The number of pyridine rings is 1. The Morgan fingerprint density at radius 3 is 2.73 bits per heavy atom. The number of carbonyl (C=O) groups excluding carboxylic acids is 2. The Hall–Kier alpha value is -3.94. The fraction of sp³-hybridized carbons (Fsp3) is 0.182. The maximum absolute atomic E-state index is 13.1. The lowest BCUT2D eigenvalue weighted by molar-refractivity contribution is -0.128. The first-order chi connectivity index (χ1) is 14.4. The van der Waals surface area contributed by atoms with Crippen LogP contribution in [0.4, 0.5) is 5.69 Å².